The van der Waals surface area contributed by atoms with Crippen LogP contribution in [0, 0.1) is 0 Å². The maximum Gasteiger partial charge on any atom is 0.407 e. The number of rotatable bonds is 13. The van der Waals surface area contributed by atoms with E-state index in [0.717, 1.165) is 5.56 Å². The third kappa shape index (κ3) is 11.1. The third-order valence-electron chi connectivity index (χ3n) is 5.13. The molecule has 2 aromatic rings. The van der Waals surface area contributed by atoms with Gasteiger partial charge < -0.3 is 34.7 Å². The molecule has 39 heavy (non-hydrogen) atoms. The van der Waals surface area contributed by atoms with E-state index in [2.05, 4.69) is 10.6 Å². The Kier molecular flexibility index (Phi) is 12.2. The van der Waals surface area contributed by atoms with E-state index >= 15 is 0 Å². The minimum absolute atomic E-state index is 0.149. The van der Waals surface area contributed by atoms with Crippen LogP contribution in [0.5, 0.6) is 5.75 Å². The largest absolute Gasteiger partial charge is 0.488 e. The molecule has 0 saturated heterocycles. The number of anilines is 2. The van der Waals surface area contributed by atoms with Gasteiger partial charge >= 0.3 is 12.1 Å². The van der Waals surface area contributed by atoms with E-state index in [0.29, 0.717) is 43.5 Å². The van der Waals surface area contributed by atoms with Gasteiger partial charge in [-0.1, -0.05) is 56.1 Å². The number of carboxylic acids is 1. The second-order valence-electron chi connectivity index (χ2n) is 10.7. The molecule has 3 N–H and O–H groups in total. The van der Waals surface area contributed by atoms with Crippen molar-refractivity contribution in [2.24, 2.45) is 0 Å². The number of alkyl carbamates (subject to hydrolysis) is 1. The van der Waals surface area contributed by atoms with Crippen LogP contribution in [0.25, 0.3) is 0 Å². The normalized spacial score (nSPS) is 11.7. The molecule has 0 heterocycles. The van der Waals surface area contributed by atoms with Gasteiger partial charge in [-0.25, -0.2) is 9.59 Å². The van der Waals surface area contributed by atoms with E-state index < -0.39 is 17.7 Å². The van der Waals surface area contributed by atoms with Gasteiger partial charge in [-0.3, -0.25) is 0 Å². The Hall–Kier alpha value is -2.72. The van der Waals surface area contributed by atoms with Crippen LogP contribution < -0.4 is 15.4 Å². The van der Waals surface area contributed by atoms with Gasteiger partial charge in [0.25, 0.3) is 0 Å². The number of carbonyl (C=O) groups is 2. The fraction of sp³-hybridized carbons (Fsp3) is 0.500. The smallest absolute Gasteiger partial charge is 0.407 e. The van der Waals surface area contributed by atoms with Crippen molar-refractivity contribution in [2.45, 2.75) is 52.6 Å². The molecule has 2 rings (SSSR count). The highest BCUT2D eigenvalue weighted by atomic mass is 35.5. The summed E-state index contributed by atoms with van der Waals surface area (Å²) in [6.07, 6.45) is -0.486. The molecular weight excluding hydrogens is 547 g/mol. The molecule has 0 radical (unpaired) electrons. The van der Waals surface area contributed by atoms with E-state index in [1.54, 1.807) is 45.0 Å². The molecule has 0 aromatic heterocycles. The fourth-order valence-corrected chi connectivity index (χ4v) is 4.06. The van der Waals surface area contributed by atoms with Crippen LogP contribution in [-0.2, 0) is 19.6 Å². The zero-order valence-electron chi connectivity index (χ0n) is 23.3. The fourth-order valence-electron chi connectivity index (χ4n) is 3.47. The van der Waals surface area contributed by atoms with Crippen LogP contribution in [0.1, 0.15) is 57.5 Å². The average molecular weight is 586 g/mol. The van der Waals surface area contributed by atoms with Crippen molar-refractivity contribution >= 4 is 46.6 Å². The van der Waals surface area contributed by atoms with Crippen LogP contribution in [0.3, 0.4) is 0 Å². The minimum Gasteiger partial charge on any atom is -0.488 e. The molecule has 0 fully saturated rings. The number of hydrogen-bond donors (Lipinski definition) is 3. The van der Waals surface area contributed by atoms with E-state index in [1.165, 1.54) is 0 Å². The van der Waals surface area contributed by atoms with Crippen molar-refractivity contribution in [2.75, 3.05) is 44.9 Å². The summed E-state index contributed by atoms with van der Waals surface area (Å²) in [7, 11) is 0. The molecule has 9 nitrogen and oxygen atoms in total. The molecule has 0 aliphatic rings. The molecule has 2 aromatic carbocycles. The number of benzene rings is 2. The lowest BCUT2D eigenvalue weighted by Gasteiger charge is -2.25. The second-order valence-corrected chi connectivity index (χ2v) is 11.5. The number of hydrogen-bond acceptors (Lipinski definition) is 7. The number of carbonyl (C=O) groups excluding carboxylic acids is 1. The Bertz CT molecular complexity index is 1100. The molecule has 216 valence electrons. The Balaban J connectivity index is 1.82. The summed E-state index contributed by atoms with van der Waals surface area (Å²) in [6.45, 7) is 13.3. The molecule has 0 aliphatic heterocycles. The summed E-state index contributed by atoms with van der Waals surface area (Å²) in [5.41, 5.74) is 1.16. The van der Waals surface area contributed by atoms with Gasteiger partial charge in [0.05, 0.1) is 47.7 Å². The zero-order valence-corrected chi connectivity index (χ0v) is 24.8. The van der Waals surface area contributed by atoms with Gasteiger partial charge in [0, 0.05) is 12.2 Å². The number of amides is 1. The number of nitrogens with one attached hydrogen (secondary N) is 2. The van der Waals surface area contributed by atoms with Crippen LogP contribution in [0.4, 0.5) is 16.2 Å². The lowest BCUT2D eigenvalue weighted by atomic mass is 9.84. The molecule has 0 spiro atoms. The number of carboxylic acid groups (broad SMARTS) is 1. The predicted octanol–water partition coefficient (Wildman–Crippen LogP) is 6.67. The summed E-state index contributed by atoms with van der Waals surface area (Å²) < 4.78 is 21.8. The first-order chi connectivity index (χ1) is 18.2. The number of ether oxygens (including phenoxy) is 4. The van der Waals surface area contributed by atoms with E-state index in [4.69, 9.17) is 42.1 Å². The standard InChI is InChI=1S/C28H38Cl2N2O7/c1-27(2,3)20-9-7-8-19(25(33)34)23(20)32-18-16-21(29)24(22(30)17-18)38-15-14-37-13-12-36-11-10-31-26(35)39-28(4,5)6/h7-9,16-17,32H,10-15H2,1-6H3,(H,31,35)(H,33,34). The molecule has 0 saturated carbocycles. The van der Waals surface area contributed by atoms with Gasteiger partial charge in [-0.05, 0) is 49.9 Å². The van der Waals surface area contributed by atoms with Crippen LogP contribution in [0.2, 0.25) is 10.0 Å². The van der Waals surface area contributed by atoms with Crippen molar-refractivity contribution < 1.29 is 33.6 Å². The highest BCUT2D eigenvalue weighted by Crippen LogP contribution is 2.39. The molecule has 0 aliphatic carbocycles. The maximum absolute atomic E-state index is 11.9. The molecule has 1 amide bonds. The zero-order chi connectivity index (χ0) is 29.2. The summed E-state index contributed by atoms with van der Waals surface area (Å²) in [5, 5.41) is 16.0. The quantitative estimate of drug-likeness (QED) is 0.223. The summed E-state index contributed by atoms with van der Waals surface area (Å²) in [6, 6.07) is 8.43. The Morgan fingerprint density at radius 2 is 1.49 bits per heavy atom. The van der Waals surface area contributed by atoms with Gasteiger partial charge in [0.1, 0.15) is 12.2 Å². The third-order valence-corrected chi connectivity index (χ3v) is 5.69. The SMILES string of the molecule is CC(C)(C)OC(=O)NCCOCCOCCOc1c(Cl)cc(Nc2c(C(=O)O)cccc2C(C)(C)C)cc1Cl. The molecular formula is C28H38Cl2N2O7. The van der Waals surface area contributed by atoms with Gasteiger partial charge in [-0.15, -0.1) is 0 Å². The first kappa shape index (κ1) is 32.5. The number of halogens is 2. The van der Waals surface area contributed by atoms with Crippen molar-refractivity contribution in [1.82, 2.24) is 5.32 Å². The summed E-state index contributed by atoms with van der Waals surface area (Å²) >= 11 is 12.9. The lowest BCUT2D eigenvalue weighted by molar-refractivity contribution is 0.0328. The van der Waals surface area contributed by atoms with Crippen molar-refractivity contribution in [1.29, 1.82) is 0 Å². The highest BCUT2D eigenvalue weighted by Gasteiger charge is 2.23. The van der Waals surface area contributed by atoms with E-state index in [1.807, 2.05) is 26.8 Å². The Morgan fingerprint density at radius 1 is 0.897 bits per heavy atom. The van der Waals surface area contributed by atoms with Gasteiger partial charge in [0.2, 0.25) is 0 Å². The summed E-state index contributed by atoms with van der Waals surface area (Å²) in [5.74, 6) is -0.733. The Morgan fingerprint density at radius 3 is 2.05 bits per heavy atom. The average Bonchev–Trinajstić information content (AvgIpc) is 2.79. The van der Waals surface area contributed by atoms with Crippen LogP contribution in [0.15, 0.2) is 30.3 Å². The monoisotopic (exact) mass is 584 g/mol. The summed E-state index contributed by atoms with van der Waals surface area (Å²) in [4.78, 5) is 23.4. The molecule has 0 bridgehead atoms. The van der Waals surface area contributed by atoms with Gasteiger partial charge in [0.15, 0.2) is 5.75 Å². The lowest BCUT2D eigenvalue weighted by Crippen LogP contribution is -2.34. The molecule has 0 unspecified atom stereocenters. The number of aromatic carboxylic acids is 1. The maximum atomic E-state index is 11.9. The Labute approximate surface area is 240 Å². The van der Waals surface area contributed by atoms with E-state index in [-0.39, 0.29) is 34.2 Å². The van der Waals surface area contributed by atoms with Crippen molar-refractivity contribution in [3.63, 3.8) is 0 Å². The van der Waals surface area contributed by atoms with E-state index in [9.17, 15) is 14.7 Å². The van der Waals surface area contributed by atoms with Crippen LogP contribution in [-0.4, -0.2) is 62.3 Å². The topological polar surface area (TPSA) is 115 Å². The number of para-hydroxylation sites is 1. The second kappa shape index (κ2) is 14.6. The van der Waals surface area contributed by atoms with Crippen LogP contribution >= 0.6 is 23.2 Å². The first-order valence-electron chi connectivity index (χ1n) is 12.6. The van der Waals surface area contributed by atoms with Crippen molar-refractivity contribution in [3.8, 4) is 5.75 Å². The van der Waals surface area contributed by atoms with Crippen molar-refractivity contribution in [3.05, 3.63) is 51.5 Å². The minimum atomic E-state index is -1.04. The first-order valence-corrected chi connectivity index (χ1v) is 13.3. The molecule has 11 heteroatoms. The predicted molar refractivity (Wildman–Crippen MR) is 153 cm³/mol. The highest BCUT2D eigenvalue weighted by molar-refractivity contribution is 6.37. The van der Waals surface area contributed by atoms with Gasteiger partial charge in [-0.2, -0.15) is 0 Å². The molecule has 0 atom stereocenters.